The number of hydrogen-bond donors (Lipinski definition) is 1. The molecule has 0 radical (unpaired) electrons. The van der Waals surface area contributed by atoms with Crippen LogP contribution in [0.3, 0.4) is 0 Å². The Balaban J connectivity index is 1.73. The van der Waals surface area contributed by atoms with Crippen molar-refractivity contribution in [3.05, 3.63) is 51.4 Å². The average molecular weight is 376 g/mol. The lowest BCUT2D eigenvalue weighted by Crippen LogP contribution is -2.22. The van der Waals surface area contributed by atoms with Gasteiger partial charge in [0, 0.05) is 18.0 Å². The number of nitrogens with one attached hydrogen (secondary N) is 1. The van der Waals surface area contributed by atoms with Gasteiger partial charge in [-0.2, -0.15) is 0 Å². The van der Waals surface area contributed by atoms with Crippen LogP contribution in [0.4, 0.5) is 5.13 Å². The molecule has 0 aliphatic carbocycles. The molecule has 1 aliphatic rings. The van der Waals surface area contributed by atoms with Crippen LogP contribution in [0.1, 0.15) is 21.6 Å². The summed E-state index contributed by atoms with van der Waals surface area (Å²) in [5.74, 6) is -0.318. The number of rotatable bonds is 3. The van der Waals surface area contributed by atoms with Gasteiger partial charge in [-0.15, -0.1) is 11.3 Å². The third kappa shape index (κ3) is 3.55. The van der Waals surface area contributed by atoms with Crippen LogP contribution >= 0.6 is 35.3 Å². The number of thiazole rings is 1. The standard InChI is InChI=1S/C16H13N3O2S3/c1-9-8-23-15(17-9)18-13(20)11-5-3-10(4-6-11)7-12-14(21)19(2)16(22)24-12/h3-8H,1-2H3,(H,17,18,20)/b12-7-. The Hall–Kier alpha value is -2.03. The summed E-state index contributed by atoms with van der Waals surface area (Å²) < 4.78 is 0.543. The van der Waals surface area contributed by atoms with Gasteiger partial charge in [0.05, 0.1) is 10.6 Å². The van der Waals surface area contributed by atoms with E-state index < -0.39 is 0 Å². The third-order valence-electron chi connectivity index (χ3n) is 3.30. The molecule has 1 fully saturated rings. The molecule has 8 heteroatoms. The van der Waals surface area contributed by atoms with E-state index in [1.54, 1.807) is 37.4 Å². The lowest BCUT2D eigenvalue weighted by molar-refractivity contribution is -0.121. The quantitative estimate of drug-likeness (QED) is 0.657. The first-order valence-corrected chi connectivity index (χ1v) is 9.09. The maximum absolute atomic E-state index is 12.2. The summed E-state index contributed by atoms with van der Waals surface area (Å²) in [6.45, 7) is 1.87. The highest BCUT2D eigenvalue weighted by Gasteiger charge is 2.28. The number of amides is 2. The number of aromatic nitrogens is 1. The molecule has 1 aliphatic heterocycles. The minimum atomic E-state index is -0.212. The first-order chi connectivity index (χ1) is 11.4. The number of aryl methyl sites for hydroxylation is 1. The van der Waals surface area contributed by atoms with Gasteiger partial charge in [-0.1, -0.05) is 36.1 Å². The van der Waals surface area contributed by atoms with Crippen molar-refractivity contribution in [2.24, 2.45) is 0 Å². The van der Waals surface area contributed by atoms with E-state index in [1.807, 2.05) is 12.3 Å². The maximum Gasteiger partial charge on any atom is 0.265 e. The first-order valence-electron chi connectivity index (χ1n) is 6.99. The lowest BCUT2D eigenvalue weighted by atomic mass is 10.1. The number of carbonyl (C=O) groups excluding carboxylic acids is 2. The second-order valence-electron chi connectivity index (χ2n) is 5.11. The Labute approximate surface area is 152 Å². The molecule has 1 saturated heterocycles. The summed E-state index contributed by atoms with van der Waals surface area (Å²) in [4.78, 5) is 30.4. The summed E-state index contributed by atoms with van der Waals surface area (Å²) in [5, 5.41) is 5.22. The van der Waals surface area contributed by atoms with Crippen LogP contribution in [0.15, 0.2) is 34.6 Å². The van der Waals surface area contributed by atoms with Crippen molar-refractivity contribution in [2.45, 2.75) is 6.92 Å². The Kier molecular flexibility index (Phi) is 4.79. The Morgan fingerprint density at radius 1 is 1.33 bits per heavy atom. The first kappa shape index (κ1) is 16.8. The van der Waals surface area contributed by atoms with E-state index in [0.717, 1.165) is 11.3 Å². The monoisotopic (exact) mass is 375 g/mol. The summed E-state index contributed by atoms with van der Waals surface area (Å²) in [6.07, 6.45) is 1.77. The van der Waals surface area contributed by atoms with E-state index in [4.69, 9.17) is 12.2 Å². The van der Waals surface area contributed by atoms with Gasteiger partial charge in [-0.05, 0) is 30.7 Å². The number of anilines is 1. The molecule has 1 N–H and O–H groups in total. The number of nitrogens with zero attached hydrogens (tertiary/aromatic N) is 2. The maximum atomic E-state index is 12.2. The van der Waals surface area contributed by atoms with E-state index in [-0.39, 0.29) is 11.8 Å². The minimum absolute atomic E-state index is 0.106. The lowest BCUT2D eigenvalue weighted by Gasteiger charge is -2.04. The highest BCUT2D eigenvalue weighted by atomic mass is 32.2. The van der Waals surface area contributed by atoms with E-state index in [2.05, 4.69) is 10.3 Å². The molecule has 1 aromatic carbocycles. The minimum Gasteiger partial charge on any atom is -0.298 e. The third-order valence-corrected chi connectivity index (χ3v) is 5.66. The normalized spacial score (nSPS) is 16.1. The van der Waals surface area contributed by atoms with Crippen molar-refractivity contribution in [1.82, 2.24) is 9.88 Å². The zero-order chi connectivity index (χ0) is 17.3. The van der Waals surface area contributed by atoms with Crippen LogP contribution in [-0.2, 0) is 4.79 Å². The van der Waals surface area contributed by atoms with E-state index in [1.165, 1.54) is 28.0 Å². The fourth-order valence-electron chi connectivity index (χ4n) is 2.01. The number of benzene rings is 1. The number of likely N-dealkylation sites (N-methyl/N-ethyl adjacent to an activating group) is 1. The van der Waals surface area contributed by atoms with Gasteiger partial charge < -0.3 is 0 Å². The SMILES string of the molecule is Cc1csc(NC(=O)c2ccc(/C=C3\SC(=S)N(C)C3=O)cc2)n1. The zero-order valence-corrected chi connectivity index (χ0v) is 15.3. The summed E-state index contributed by atoms with van der Waals surface area (Å²) in [7, 11) is 1.66. The molecular formula is C16H13N3O2S3. The van der Waals surface area contributed by atoms with E-state index in [9.17, 15) is 9.59 Å². The average Bonchev–Trinajstić information content (AvgIpc) is 3.07. The number of carbonyl (C=O) groups is 2. The predicted octanol–water partition coefficient (Wildman–Crippen LogP) is 3.53. The van der Waals surface area contributed by atoms with Gasteiger partial charge in [0.1, 0.15) is 4.32 Å². The molecule has 0 bridgehead atoms. The van der Waals surface area contributed by atoms with Crippen LogP contribution in [-0.4, -0.2) is 33.1 Å². The molecule has 24 heavy (non-hydrogen) atoms. The molecule has 3 rings (SSSR count). The highest BCUT2D eigenvalue weighted by Crippen LogP contribution is 2.31. The van der Waals surface area contributed by atoms with Crippen molar-refractivity contribution in [3.8, 4) is 0 Å². The van der Waals surface area contributed by atoms with Crippen LogP contribution in [0.2, 0.25) is 0 Å². The van der Waals surface area contributed by atoms with Crippen LogP contribution < -0.4 is 5.32 Å². The Bertz CT molecular complexity index is 856. The molecule has 122 valence electrons. The van der Waals surface area contributed by atoms with Crippen molar-refractivity contribution in [3.63, 3.8) is 0 Å². The molecule has 1 aromatic heterocycles. The van der Waals surface area contributed by atoms with Crippen molar-refractivity contribution < 1.29 is 9.59 Å². The summed E-state index contributed by atoms with van der Waals surface area (Å²) >= 11 is 7.76. The molecular weight excluding hydrogens is 362 g/mol. The van der Waals surface area contributed by atoms with Crippen LogP contribution in [0.5, 0.6) is 0 Å². The van der Waals surface area contributed by atoms with Gasteiger partial charge >= 0.3 is 0 Å². The van der Waals surface area contributed by atoms with Gasteiger partial charge in [-0.3, -0.25) is 19.8 Å². The largest absolute Gasteiger partial charge is 0.298 e. The van der Waals surface area contributed by atoms with Crippen molar-refractivity contribution in [2.75, 3.05) is 12.4 Å². The molecule has 0 saturated carbocycles. The number of thiocarbonyl (C=S) groups is 1. The molecule has 0 atom stereocenters. The fourth-order valence-corrected chi connectivity index (χ4v) is 3.87. The molecule has 0 spiro atoms. The zero-order valence-electron chi connectivity index (χ0n) is 12.9. The van der Waals surface area contributed by atoms with E-state index >= 15 is 0 Å². The number of hydrogen-bond acceptors (Lipinski definition) is 6. The topological polar surface area (TPSA) is 62.3 Å². The Morgan fingerprint density at radius 3 is 2.58 bits per heavy atom. The Morgan fingerprint density at radius 2 is 2.04 bits per heavy atom. The second kappa shape index (κ2) is 6.84. The van der Waals surface area contributed by atoms with Crippen molar-refractivity contribution >= 4 is 62.7 Å². The summed E-state index contributed by atoms with van der Waals surface area (Å²) in [6, 6.07) is 7.02. The fraction of sp³-hybridized carbons (Fsp3) is 0.125. The van der Waals surface area contributed by atoms with Gasteiger partial charge in [-0.25, -0.2) is 4.98 Å². The van der Waals surface area contributed by atoms with Crippen LogP contribution in [0.25, 0.3) is 6.08 Å². The summed E-state index contributed by atoms with van der Waals surface area (Å²) in [5.41, 5.74) is 2.24. The number of thioether (sulfide) groups is 1. The molecule has 0 unspecified atom stereocenters. The highest BCUT2D eigenvalue weighted by molar-refractivity contribution is 8.26. The molecule has 2 heterocycles. The van der Waals surface area contributed by atoms with Gasteiger partial charge in [0.25, 0.3) is 11.8 Å². The molecule has 2 amide bonds. The predicted molar refractivity (Wildman–Crippen MR) is 102 cm³/mol. The molecule has 2 aromatic rings. The van der Waals surface area contributed by atoms with Crippen LogP contribution in [0, 0.1) is 6.92 Å². The van der Waals surface area contributed by atoms with E-state index in [0.29, 0.717) is 19.9 Å². The van der Waals surface area contributed by atoms with Gasteiger partial charge in [0.15, 0.2) is 5.13 Å². The van der Waals surface area contributed by atoms with Crippen molar-refractivity contribution in [1.29, 1.82) is 0 Å². The van der Waals surface area contributed by atoms with Gasteiger partial charge in [0.2, 0.25) is 0 Å². The second-order valence-corrected chi connectivity index (χ2v) is 7.64. The smallest absolute Gasteiger partial charge is 0.265 e. The molecule has 5 nitrogen and oxygen atoms in total.